The minimum atomic E-state index is -0.429. The van der Waals surface area contributed by atoms with Gasteiger partial charge in [0.25, 0.3) is 0 Å². The van der Waals surface area contributed by atoms with Crippen LogP contribution in [-0.2, 0) is 14.3 Å². The molecule has 0 atom stereocenters. The fourth-order valence-electron chi connectivity index (χ4n) is 3.70. The minimum absolute atomic E-state index is 0.0466. The highest BCUT2D eigenvalue weighted by Gasteiger charge is 2.39. The van der Waals surface area contributed by atoms with Crippen LogP contribution in [0.2, 0.25) is 0 Å². The quantitative estimate of drug-likeness (QED) is 0.246. The van der Waals surface area contributed by atoms with Crippen LogP contribution in [0.25, 0.3) is 22.3 Å². The Morgan fingerprint density at radius 2 is 1.52 bits per heavy atom. The SMILES string of the molecule is C=C(C)C(=O)Oc1cccc(-c2cccc(-c3ccc(OCC4(COC)COC4)cc3)c2)c1. The van der Waals surface area contributed by atoms with E-state index in [1.54, 1.807) is 20.1 Å². The fraction of sp³-hybridized carbons (Fsp3) is 0.250. The van der Waals surface area contributed by atoms with Crippen molar-refractivity contribution >= 4 is 5.97 Å². The number of ether oxygens (including phenoxy) is 4. The summed E-state index contributed by atoms with van der Waals surface area (Å²) in [5.74, 6) is 0.890. The molecule has 0 unspecified atom stereocenters. The van der Waals surface area contributed by atoms with Gasteiger partial charge >= 0.3 is 5.97 Å². The minimum Gasteiger partial charge on any atom is -0.493 e. The fourth-order valence-corrected chi connectivity index (χ4v) is 3.70. The molecule has 1 aliphatic rings. The smallest absolute Gasteiger partial charge is 0.338 e. The maximum absolute atomic E-state index is 11.8. The average Bonchev–Trinajstić information content (AvgIpc) is 2.81. The monoisotopic (exact) mass is 444 g/mol. The van der Waals surface area contributed by atoms with Crippen molar-refractivity contribution in [1.29, 1.82) is 0 Å². The van der Waals surface area contributed by atoms with Crippen LogP contribution in [0.5, 0.6) is 11.5 Å². The summed E-state index contributed by atoms with van der Waals surface area (Å²) in [7, 11) is 1.70. The predicted octanol–water partition coefficient (Wildman–Crippen LogP) is 5.54. The molecule has 1 saturated heterocycles. The molecule has 0 aliphatic carbocycles. The van der Waals surface area contributed by atoms with E-state index in [2.05, 4.69) is 30.8 Å². The summed E-state index contributed by atoms with van der Waals surface area (Å²) in [5.41, 5.74) is 4.50. The Morgan fingerprint density at radius 1 is 0.879 bits per heavy atom. The second kappa shape index (κ2) is 10.0. The number of carbonyl (C=O) groups excluding carboxylic acids is 1. The standard InChI is InChI=1S/C28H28O5/c1-20(2)27(29)33-26-9-5-8-24(15-26)23-7-4-6-22(14-23)21-10-12-25(13-11-21)32-19-28(16-30-3)17-31-18-28/h4-15H,1,16-19H2,2-3H3. The van der Waals surface area contributed by atoms with E-state index in [9.17, 15) is 4.79 Å². The Hall–Kier alpha value is -3.41. The van der Waals surface area contributed by atoms with E-state index < -0.39 is 5.97 Å². The van der Waals surface area contributed by atoms with E-state index in [1.165, 1.54) is 0 Å². The van der Waals surface area contributed by atoms with Gasteiger partial charge in [-0.1, -0.05) is 49.0 Å². The highest BCUT2D eigenvalue weighted by molar-refractivity contribution is 5.89. The van der Waals surface area contributed by atoms with Crippen molar-refractivity contribution in [3.8, 4) is 33.8 Å². The van der Waals surface area contributed by atoms with E-state index in [4.69, 9.17) is 18.9 Å². The molecule has 5 nitrogen and oxygen atoms in total. The number of hydrogen-bond donors (Lipinski definition) is 0. The molecule has 0 bridgehead atoms. The summed E-state index contributed by atoms with van der Waals surface area (Å²) in [4.78, 5) is 11.8. The van der Waals surface area contributed by atoms with Gasteiger partial charge in [-0.2, -0.15) is 0 Å². The number of methoxy groups -OCH3 is 1. The van der Waals surface area contributed by atoms with E-state index in [-0.39, 0.29) is 5.41 Å². The lowest BCUT2D eigenvalue weighted by molar-refractivity contribution is -0.159. The molecule has 5 heteroatoms. The molecule has 1 heterocycles. The molecular formula is C28H28O5. The Bertz CT molecular complexity index is 1130. The van der Waals surface area contributed by atoms with Gasteiger partial charge in [-0.05, 0) is 59.5 Å². The summed E-state index contributed by atoms with van der Waals surface area (Å²) in [6.07, 6.45) is 0. The molecule has 1 aliphatic heterocycles. The van der Waals surface area contributed by atoms with E-state index >= 15 is 0 Å². The van der Waals surface area contributed by atoms with Crippen molar-refractivity contribution in [2.75, 3.05) is 33.5 Å². The molecule has 0 spiro atoms. The largest absolute Gasteiger partial charge is 0.493 e. The number of benzene rings is 3. The molecule has 0 radical (unpaired) electrons. The van der Waals surface area contributed by atoms with Gasteiger partial charge in [0.15, 0.2) is 0 Å². The van der Waals surface area contributed by atoms with Crippen LogP contribution in [0.1, 0.15) is 6.92 Å². The summed E-state index contributed by atoms with van der Waals surface area (Å²) < 4.78 is 22.0. The number of esters is 1. The van der Waals surface area contributed by atoms with Gasteiger partial charge in [-0.3, -0.25) is 0 Å². The zero-order valence-electron chi connectivity index (χ0n) is 19.0. The zero-order valence-corrected chi connectivity index (χ0v) is 19.0. The van der Waals surface area contributed by atoms with Crippen LogP contribution >= 0.6 is 0 Å². The van der Waals surface area contributed by atoms with Crippen LogP contribution in [0.3, 0.4) is 0 Å². The Morgan fingerprint density at radius 3 is 2.12 bits per heavy atom. The molecule has 0 aromatic heterocycles. The van der Waals surface area contributed by atoms with Crippen LogP contribution < -0.4 is 9.47 Å². The van der Waals surface area contributed by atoms with Gasteiger partial charge in [0.05, 0.1) is 25.2 Å². The topological polar surface area (TPSA) is 54.0 Å². The third kappa shape index (κ3) is 5.51. The molecule has 1 fully saturated rings. The molecule has 3 aromatic carbocycles. The lowest BCUT2D eigenvalue weighted by Crippen LogP contribution is -2.50. The first-order chi connectivity index (χ1) is 16.0. The maximum atomic E-state index is 11.8. The van der Waals surface area contributed by atoms with Gasteiger partial charge in [0.1, 0.15) is 18.1 Å². The van der Waals surface area contributed by atoms with E-state index in [0.717, 1.165) is 28.0 Å². The van der Waals surface area contributed by atoms with Gasteiger partial charge in [0, 0.05) is 12.7 Å². The average molecular weight is 445 g/mol. The summed E-state index contributed by atoms with van der Waals surface area (Å²) in [5, 5.41) is 0. The van der Waals surface area contributed by atoms with Crippen LogP contribution in [0.15, 0.2) is 84.9 Å². The molecule has 0 saturated carbocycles. The van der Waals surface area contributed by atoms with Crippen molar-refractivity contribution in [3.05, 3.63) is 84.9 Å². The van der Waals surface area contributed by atoms with E-state index in [1.807, 2.05) is 42.5 Å². The molecule has 170 valence electrons. The second-order valence-corrected chi connectivity index (χ2v) is 8.52. The van der Waals surface area contributed by atoms with Crippen molar-refractivity contribution < 1.29 is 23.7 Å². The third-order valence-corrected chi connectivity index (χ3v) is 5.59. The van der Waals surface area contributed by atoms with Gasteiger partial charge < -0.3 is 18.9 Å². The van der Waals surface area contributed by atoms with Crippen LogP contribution in [0, 0.1) is 5.41 Å². The van der Waals surface area contributed by atoms with Crippen LogP contribution in [0.4, 0.5) is 0 Å². The number of hydrogen-bond acceptors (Lipinski definition) is 5. The predicted molar refractivity (Wildman–Crippen MR) is 128 cm³/mol. The third-order valence-electron chi connectivity index (χ3n) is 5.59. The number of carbonyl (C=O) groups is 1. The van der Waals surface area contributed by atoms with Crippen molar-refractivity contribution in [2.24, 2.45) is 5.41 Å². The normalized spacial score (nSPS) is 14.2. The zero-order chi connectivity index (χ0) is 23.3. The highest BCUT2D eigenvalue weighted by Crippen LogP contribution is 2.31. The summed E-state index contributed by atoms with van der Waals surface area (Å²) in [6.45, 7) is 7.79. The van der Waals surface area contributed by atoms with Gasteiger partial charge in [-0.25, -0.2) is 4.79 Å². The van der Waals surface area contributed by atoms with Gasteiger partial charge in [0.2, 0.25) is 0 Å². The lowest BCUT2D eigenvalue weighted by Gasteiger charge is -2.40. The summed E-state index contributed by atoms with van der Waals surface area (Å²) in [6, 6.07) is 23.8. The first kappa shape index (κ1) is 22.8. The molecule has 33 heavy (non-hydrogen) atoms. The number of rotatable bonds is 9. The Labute approximate surface area is 194 Å². The highest BCUT2D eigenvalue weighted by atomic mass is 16.5. The summed E-state index contributed by atoms with van der Waals surface area (Å²) >= 11 is 0. The van der Waals surface area contributed by atoms with Crippen molar-refractivity contribution in [2.45, 2.75) is 6.92 Å². The first-order valence-corrected chi connectivity index (χ1v) is 10.9. The van der Waals surface area contributed by atoms with Crippen molar-refractivity contribution in [3.63, 3.8) is 0 Å². The van der Waals surface area contributed by atoms with Gasteiger partial charge in [-0.15, -0.1) is 0 Å². The lowest BCUT2D eigenvalue weighted by atomic mass is 9.88. The first-order valence-electron chi connectivity index (χ1n) is 10.9. The van der Waals surface area contributed by atoms with Crippen LogP contribution in [-0.4, -0.2) is 39.5 Å². The Kier molecular flexibility index (Phi) is 6.92. The van der Waals surface area contributed by atoms with Crippen molar-refractivity contribution in [1.82, 2.24) is 0 Å². The molecular weight excluding hydrogens is 416 g/mol. The second-order valence-electron chi connectivity index (χ2n) is 8.52. The molecule has 0 N–H and O–H groups in total. The maximum Gasteiger partial charge on any atom is 0.338 e. The molecule has 4 rings (SSSR count). The molecule has 3 aromatic rings. The Balaban J connectivity index is 1.47. The van der Waals surface area contributed by atoms with E-state index in [0.29, 0.717) is 37.8 Å². The molecule has 0 amide bonds.